The van der Waals surface area contributed by atoms with Crippen LogP contribution in [0.1, 0.15) is 34.1 Å². The number of nitrogens with zero attached hydrogens (tertiary/aromatic N) is 1. The van der Waals surface area contributed by atoms with Crippen LogP contribution in [0.2, 0.25) is 0 Å². The van der Waals surface area contributed by atoms with Crippen molar-refractivity contribution >= 4 is 40.7 Å². The highest BCUT2D eigenvalue weighted by molar-refractivity contribution is 5.94. The Labute approximate surface area is 162 Å². The smallest absolute Gasteiger partial charge is 0.354 e. The number of aromatic nitrogens is 2. The number of pyridine rings is 1. The third kappa shape index (κ3) is 4.54. The maximum Gasteiger partial charge on any atom is 0.354 e. The number of carbonyl (C=O) groups is 2. The van der Waals surface area contributed by atoms with Gasteiger partial charge in [0.2, 0.25) is 5.91 Å². The number of ether oxygens (including phenoxy) is 1. The molecule has 6 nitrogen and oxygen atoms in total. The number of amides is 1. The number of rotatable bonds is 5. The molecule has 0 bridgehead atoms. The quantitative estimate of drug-likeness (QED) is 0.513. The molecule has 0 aliphatic carbocycles. The number of aromatic amines is 1. The lowest BCUT2D eigenvalue weighted by molar-refractivity contribution is -0.114. The zero-order valence-corrected chi connectivity index (χ0v) is 15.9. The molecule has 0 fully saturated rings. The van der Waals surface area contributed by atoms with Gasteiger partial charge in [-0.3, -0.25) is 4.79 Å². The van der Waals surface area contributed by atoms with Crippen LogP contribution in [0, 0.1) is 6.92 Å². The Balaban J connectivity index is 1.75. The van der Waals surface area contributed by atoms with Gasteiger partial charge in [0.1, 0.15) is 11.3 Å². The highest BCUT2D eigenvalue weighted by atomic mass is 16.5. The molecule has 0 aliphatic heterocycles. The van der Waals surface area contributed by atoms with E-state index in [9.17, 15) is 9.59 Å². The number of allylic oxidation sites excluding steroid dienone is 2. The Morgan fingerprint density at radius 2 is 1.93 bits per heavy atom. The second-order valence-corrected chi connectivity index (χ2v) is 6.35. The lowest BCUT2D eigenvalue weighted by Gasteiger charge is -2.05. The Morgan fingerprint density at radius 1 is 1.14 bits per heavy atom. The van der Waals surface area contributed by atoms with Crippen LogP contribution in [0.5, 0.6) is 0 Å². The van der Waals surface area contributed by atoms with Crippen LogP contribution in [0.25, 0.3) is 23.2 Å². The van der Waals surface area contributed by atoms with Gasteiger partial charge in [0, 0.05) is 24.2 Å². The minimum Gasteiger partial charge on any atom is -0.464 e. The Hall–Kier alpha value is -3.67. The number of aryl methyl sites for hydroxylation is 1. The van der Waals surface area contributed by atoms with E-state index in [0.717, 1.165) is 27.8 Å². The Bertz CT molecular complexity index is 1090. The summed E-state index contributed by atoms with van der Waals surface area (Å²) in [4.78, 5) is 30.1. The summed E-state index contributed by atoms with van der Waals surface area (Å²) >= 11 is 0. The van der Waals surface area contributed by atoms with E-state index in [2.05, 4.69) is 15.3 Å². The number of H-pyrrole nitrogens is 1. The maximum atomic E-state index is 11.6. The molecule has 3 aromatic rings. The van der Waals surface area contributed by atoms with Gasteiger partial charge in [-0.15, -0.1) is 0 Å². The number of methoxy groups -OCH3 is 1. The van der Waals surface area contributed by atoms with Crippen molar-refractivity contribution in [3.8, 4) is 0 Å². The molecule has 0 atom stereocenters. The van der Waals surface area contributed by atoms with Crippen LogP contribution in [-0.2, 0) is 9.53 Å². The van der Waals surface area contributed by atoms with Crippen LogP contribution in [-0.4, -0.2) is 29.0 Å². The van der Waals surface area contributed by atoms with Crippen molar-refractivity contribution in [1.82, 2.24) is 9.97 Å². The van der Waals surface area contributed by atoms with Crippen LogP contribution in [0.4, 0.5) is 5.69 Å². The largest absolute Gasteiger partial charge is 0.464 e. The van der Waals surface area contributed by atoms with Crippen molar-refractivity contribution in [2.24, 2.45) is 0 Å². The van der Waals surface area contributed by atoms with E-state index in [1.54, 1.807) is 12.3 Å². The third-order valence-electron chi connectivity index (χ3n) is 4.17. The minimum atomic E-state index is -0.421. The number of esters is 1. The van der Waals surface area contributed by atoms with Crippen LogP contribution >= 0.6 is 0 Å². The SMILES string of the molecule is COC(=O)c1cc2cc(C=CC=Cc3cc(NC(C)=O)ccc3C)cnc2[nH]1. The summed E-state index contributed by atoms with van der Waals surface area (Å²) in [5, 5.41) is 3.62. The molecular formula is C22H21N3O3. The zero-order valence-electron chi connectivity index (χ0n) is 15.9. The molecule has 6 heteroatoms. The fraction of sp³-hybridized carbons (Fsp3) is 0.136. The predicted octanol–water partition coefficient (Wildman–Crippen LogP) is 4.34. The second kappa shape index (κ2) is 8.35. The highest BCUT2D eigenvalue weighted by Gasteiger charge is 2.09. The predicted molar refractivity (Wildman–Crippen MR) is 111 cm³/mol. The molecule has 1 aromatic carbocycles. The summed E-state index contributed by atoms with van der Waals surface area (Å²) in [6.07, 6.45) is 9.49. The topological polar surface area (TPSA) is 84.1 Å². The van der Waals surface area contributed by atoms with E-state index in [1.165, 1.54) is 14.0 Å². The second-order valence-electron chi connectivity index (χ2n) is 6.35. The fourth-order valence-electron chi connectivity index (χ4n) is 2.77. The average molecular weight is 375 g/mol. The zero-order chi connectivity index (χ0) is 20.1. The first-order valence-corrected chi connectivity index (χ1v) is 8.76. The van der Waals surface area contributed by atoms with Gasteiger partial charge < -0.3 is 15.0 Å². The van der Waals surface area contributed by atoms with Gasteiger partial charge in [0.15, 0.2) is 0 Å². The highest BCUT2D eigenvalue weighted by Crippen LogP contribution is 2.18. The van der Waals surface area contributed by atoms with Crippen molar-refractivity contribution in [2.75, 3.05) is 12.4 Å². The van der Waals surface area contributed by atoms with Gasteiger partial charge in [-0.1, -0.05) is 30.4 Å². The summed E-state index contributed by atoms with van der Waals surface area (Å²) in [5.41, 5.74) is 4.84. The van der Waals surface area contributed by atoms with Gasteiger partial charge in [0.25, 0.3) is 0 Å². The normalized spacial score (nSPS) is 11.4. The molecule has 0 aliphatic rings. The first-order chi connectivity index (χ1) is 13.5. The summed E-state index contributed by atoms with van der Waals surface area (Å²) in [6, 6.07) is 9.45. The maximum absolute atomic E-state index is 11.6. The van der Waals surface area contributed by atoms with E-state index in [4.69, 9.17) is 4.74 Å². The molecule has 28 heavy (non-hydrogen) atoms. The molecule has 1 amide bonds. The Morgan fingerprint density at radius 3 is 2.68 bits per heavy atom. The Kier molecular flexibility index (Phi) is 5.69. The van der Waals surface area contributed by atoms with Crippen molar-refractivity contribution in [1.29, 1.82) is 0 Å². The molecule has 2 aromatic heterocycles. The van der Waals surface area contributed by atoms with Crippen molar-refractivity contribution < 1.29 is 14.3 Å². The lowest BCUT2D eigenvalue weighted by Crippen LogP contribution is -2.05. The van der Waals surface area contributed by atoms with Crippen LogP contribution in [0.15, 0.2) is 48.7 Å². The first kappa shape index (κ1) is 19.1. The molecule has 2 N–H and O–H groups in total. The lowest BCUT2D eigenvalue weighted by atomic mass is 10.1. The van der Waals surface area contributed by atoms with Gasteiger partial charge in [0.05, 0.1) is 7.11 Å². The number of hydrogen-bond acceptors (Lipinski definition) is 4. The van der Waals surface area contributed by atoms with E-state index in [0.29, 0.717) is 11.3 Å². The molecule has 2 heterocycles. The summed E-state index contributed by atoms with van der Waals surface area (Å²) in [5.74, 6) is -0.517. The van der Waals surface area contributed by atoms with Crippen LogP contribution in [0.3, 0.4) is 0 Å². The van der Waals surface area contributed by atoms with Gasteiger partial charge in [-0.2, -0.15) is 0 Å². The number of hydrogen-bond donors (Lipinski definition) is 2. The molecule has 3 rings (SSSR count). The molecule has 0 spiro atoms. The van der Waals surface area contributed by atoms with E-state index < -0.39 is 5.97 Å². The summed E-state index contributed by atoms with van der Waals surface area (Å²) in [6.45, 7) is 3.51. The number of fused-ring (bicyclic) bond motifs is 1. The molecule has 0 unspecified atom stereocenters. The van der Waals surface area contributed by atoms with Gasteiger partial charge in [-0.25, -0.2) is 9.78 Å². The van der Waals surface area contributed by atoms with Crippen molar-refractivity contribution in [3.05, 3.63) is 71.1 Å². The number of benzene rings is 1. The van der Waals surface area contributed by atoms with Gasteiger partial charge >= 0.3 is 5.97 Å². The number of anilines is 1. The molecule has 0 saturated carbocycles. The van der Waals surface area contributed by atoms with E-state index in [-0.39, 0.29) is 5.91 Å². The molecule has 0 saturated heterocycles. The number of carbonyl (C=O) groups excluding carboxylic acids is 2. The standard InChI is InChI=1S/C22H21N3O3/c1-14-8-9-19(24-15(2)26)11-17(14)7-5-4-6-16-10-18-12-20(22(27)28-3)25-21(18)23-13-16/h4-13H,1-3H3,(H,23,25)(H,24,26). The molecular weight excluding hydrogens is 354 g/mol. The minimum absolute atomic E-state index is 0.0957. The summed E-state index contributed by atoms with van der Waals surface area (Å²) in [7, 11) is 1.34. The first-order valence-electron chi connectivity index (χ1n) is 8.76. The van der Waals surface area contributed by atoms with E-state index >= 15 is 0 Å². The van der Waals surface area contributed by atoms with Gasteiger partial charge in [-0.05, 0) is 47.9 Å². The third-order valence-corrected chi connectivity index (χ3v) is 4.17. The number of nitrogens with one attached hydrogen (secondary N) is 2. The fourth-order valence-corrected chi connectivity index (χ4v) is 2.77. The van der Waals surface area contributed by atoms with E-state index in [1.807, 2.05) is 55.5 Å². The summed E-state index contributed by atoms with van der Waals surface area (Å²) < 4.78 is 4.71. The molecule has 142 valence electrons. The van der Waals surface area contributed by atoms with Crippen molar-refractivity contribution in [3.63, 3.8) is 0 Å². The molecule has 0 radical (unpaired) electrons. The van der Waals surface area contributed by atoms with Crippen molar-refractivity contribution in [2.45, 2.75) is 13.8 Å². The average Bonchev–Trinajstić information content (AvgIpc) is 3.10. The monoisotopic (exact) mass is 375 g/mol. The van der Waals surface area contributed by atoms with Crippen LogP contribution < -0.4 is 5.32 Å².